The quantitative estimate of drug-likeness (QED) is 0.163. The molecule has 1 aliphatic heterocycles. The maximum absolute atomic E-state index is 7.03. The normalized spacial score (nSPS) is 11.4. The Morgan fingerprint density at radius 1 is 0.250 bits per heavy atom. The van der Waals surface area contributed by atoms with Crippen molar-refractivity contribution in [2.75, 3.05) is 4.90 Å². The van der Waals surface area contributed by atoms with E-state index in [-0.39, 0.29) is 0 Å². The zero-order valence-electron chi connectivity index (χ0n) is 30.7. The van der Waals surface area contributed by atoms with Crippen LogP contribution in [0, 0.1) is 0 Å². The van der Waals surface area contributed by atoms with Crippen LogP contribution in [-0.4, -0.2) is 0 Å². The second-order valence-corrected chi connectivity index (χ2v) is 14.1. The molecule has 0 amide bonds. The first kappa shape index (κ1) is 33.2. The lowest BCUT2D eigenvalue weighted by Crippen LogP contribution is -2.09. The van der Waals surface area contributed by atoms with E-state index in [2.05, 4.69) is 229 Å². The molecule has 264 valence electrons. The Kier molecular flexibility index (Phi) is 8.55. The first-order chi connectivity index (χ1) is 27.8. The standard InChI is InChI=1S/C54H37NO/c1-4-13-38(14-5-1)41-23-30-45(31-24-41)55(46-32-25-42(26-33-46)39-15-6-2-7-16-39)47-34-27-43(28-35-47)48-21-12-22-52-50-20-11-10-19-49(50)51-36-29-44(37-53(51)56-54(48)52)40-17-8-3-9-18-40/h1-37H. The van der Waals surface area contributed by atoms with Crippen molar-refractivity contribution in [3.63, 3.8) is 0 Å². The molecule has 9 aromatic carbocycles. The topological polar surface area (TPSA) is 12.5 Å². The van der Waals surface area contributed by atoms with Gasteiger partial charge >= 0.3 is 0 Å². The summed E-state index contributed by atoms with van der Waals surface area (Å²) in [5.74, 6) is 1.72. The van der Waals surface area contributed by atoms with Gasteiger partial charge in [-0.1, -0.05) is 176 Å². The molecule has 10 rings (SSSR count). The van der Waals surface area contributed by atoms with E-state index in [0.29, 0.717) is 0 Å². The molecule has 0 saturated carbocycles. The number of nitrogens with zero attached hydrogens (tertiary/aromatic N) is 1. The zero-order valence-corrected chi connectivity index (χ0v) is 30.7. The lowest BCUT2D eigenvalue weighted by atomic mass is 9.92. The average Bonchev–Trinajstić information content (AvgIpc) is 3.42. The molecule has 0 aliphatic carbocycles. The minimum atomic E-state index is 0.852. The average molecular weight is 716 g/mol. The van der Waals surface area contributed by atoms with Crippen LogP contribution in [0.25, 0.3) is 66.8 Å². The van der Waals surface area contributed by atoms with Crippen molar-refractivity contribution in [3.05, 3.63) is 224 Å². The highest BCUT2D eigenvalue weighted by molar-refractivity contribution is 5.95. The van der Waals surface area contributed by atoms with Gasteiger partial charge in [0.2, 0.25) is 0 Å². The number of rotatable bonds is 7. The highest BCUT2D eigenvalue weighted by Gasteiger charge is 2.24. The van der Waals surface area contributed by atoms with Gasteiger partial charge in [0, 0.05) is 33.8 Å². The Morgan fingerprint density at radius 3 is 1.14 bits per heavy atom. The summed E-state index contributed by atoms with van der Waals surface area (Å²) < 4.78 is 7.03. The van der Waals surface area contributed by atoms with Gasteiger partial charge in [0.05, 0.1) is 0 Å². The lowest BCUT2D eigenvalue weighted by molar-refractivity contribution is 0.489. The number of anilines is 3. The molecule has 0 N–H and O–H groups in total. The molecule has 1 aliphatic rings. The van der Waals surface area contributed by atoms with E-state index < -0.39 is 0 Å². The molecule has 2 nitrogen and oxygen atoms in total. The molecule has 0 spiro atoms. The second kappa shape index (κ2) is 14.4. The predicted molar refractivity (Wildman–Crippen MR) is 234 cm³/mol. The molecule has 1 heterocycles. The van der Waals surface area contributed by atoms with Crippen molar-refractivity contribution >= 4 is 17.1 Å². The highest BCUT2D eigenvalue weighted by atomic mass is 16.5. The van der Waals surface area contributed by atoms with Crippen molar-refractivity contribution in [1.29, 1.82) is 0 Å². The summed E-state index contributed by atoms with van der Waals surface area (Å²) in [4.78, 5) is 2.33. The van der Waals surface area contributed by atoms with E-state index in [1.807, 2.05) is 0 Å². The van der Waals surface area contributed by atoms with Gasteiger partial charge in [-0.15, -0.1) is 0 Å². The monoisotopic (exact) mass is 715 g/mol. The van der Waals surface area contributed by atoms with Gasteiger partial charge in [-0.3, -0.25) is 0 Å². The van der Waals surface area contributed by atoms with Crippen LogP contribution in [0.2, 0.25) is 0 Å². The maximum Gasteiger partial charge on any atom is 0.143 e. The first-order valence-corrected chi connectivity index (χ1v) is 19.1. The van der Waals surface area contributed by atoms with E-state index in [0.717, 1.165) is 67.5 Å². The smallest absolute Gasteiger partial charge is 0.143 e. The molecule has 0 saturated heterocycles. The van der Waals surface area contributed by atoms with Gasteiger partial charge in [0.25, 0.3) is 0 Å². The molecule has 0 atom stereocenters. The summed E-state index contributed by atoms with van der Waals surface area (Å²) in [7, 11) is 0. The molecule has 0 aromatic heterocycles. The molecule has 56 heavy (non-hydrogen) atoms. The number of hydrogen-bond acceptors (Lipinski definition) is 2. The van der Waals surface area contributed by atoms with Gasteiger partial charge in [0.1, 0.15) is 11.5 Å². The summed E-state index contributed by atoms with van der Waals surface area (Å²) in [6, 6.07) is 79.8. The fourth-order valence-corrected chi connectivity index (χ4v) is 7.89. The predicted octanol–water partition coefficient (Wildman–Crippen LogP) is 15.3. The van der Waals surface area contributed by atoms with E-state index in [1.165, 1.54) is 27.8 Å². The molecule has 0 bridgehead atoms. The molecule has 2 heteroatoms. The third-order valence-electron chi connectivity index (χ3n) is 10.7. The van der Waals surface area contributed by atoms with Crippen LogP contribution in [0.15, 0.2) is 224 Å². The highest BCUT2D eigenvalue weighted by Crippen LogP contribution is 2.51. The SMILES string of the molecule is c1ccc(-c2ccc(N(c3ccc(-c4ccccc4)cc3)c3ccc(-c4cccc5c4Oc4cc(-c6ccccc6)ccc4-c4ccccc4-5)cc3)cc2)cc1. The van der Waals surface area contributed by atoms with Crippen LogP contribution >= 0.6 is 0 Å². The number of hydrogen-bond donors (Lipinski definition) is 0. The van der Waals surface area contributed by atoms with Crippen molar-refractivity contribution in [1.82, 2.24) is 0 Å². The van der Waals surface area contributed by atoms with Gasteiger partial charge in [0.15, 0.2) is 0 Å². The number of ether oxygens (including phenoxy) is 1. The van der Waals surface area contributed by atoms with Crippen LogP contribution in [0.3, 0.4) is 0 Å². The molecule has 0 unspecified atom stereocenters. The molecular weight excluding hydrogens is 679 g/mol. The fraction of sp³-hybridized carbons (Fsp3) is 0. The van der Waals surface area contributed by atoms with Crippen LogP contribution in [0.1, 0.15) is 0 Å². The van der Waals surface area contributed by atoms with Crippen LogP contribution in [0.4, 0.5) is 17.1 Å². The maximum atomic E-state index is 7.03. The van der Waals surface area contributed by atoms with Gasteiger partial charge in [-0.25, -0.2) is 0 Å². The Labute approximate surface area is 328 Å². The molecule has 0 fully saturated rings. The lowest BCUT2D eigenvalue weighted by Gasteiger charge is -2.26. The summed E-state index contributed by atoms with van der Waals surface area (Å²) in [6.07, 6.45) is 0. The van der Waals surface area contributed by atoms with Crippen molar-refractivity contribution in [3.8, 4) is 78.3 Å². The van der Waals surface area contributed by atoms with Crippen molar-refractivity contribution < 1.29 is 4.74 Å². The summed E-state index contributed by atoms with van der Waals surface area (Å²) in [6.45, 7) is 0. The fourth-order valence-electron chi connectivity index (χ4n) is 7.89. The first-order valence-electron chi connectivity index (χ1n) is 19.1. The van der Waals surface area contributed by atoms with Gasteiger partial charge in [-0.2, -0.15) is 0 Å². The second-order valence-electron chi connectivity index (χ2n) is 14.1. The van der Waals surface area contributed by atoms with Crippen LogP contribution < -0.4 is 9.64 Å². The Bertz CT molecular complexity index is 2690. The summed E-state index contributed by atoms with van der Waals surface area (Å²) in [5.41, 5.74) is 16.9. The van der Waals surface area contributed by atoms with Gasteiger partial charge in [-0.05, 0) is 98.6 Å². The number of para-hydroxylation sites is 1. The van der Waals surface area contributed by atoms with Gasteiger partial charge < -0.3 is 9.64 Å². The zero-order chi connectivity index (χ0) is 37.3. The Hall–Kier alpha value is -7.42. The number of fused-ring (bicyclic) bond motifs is 5. The molecule has 9 aromatic rings. The van der Waals surface area contributed by atoms with E-state index >= 15 is 0 Å². The van der Waals surface area contributed by atoms with Crippen molar-refractivity contribution in [2.24, 2.45) is 0 Å². The van der Waals surface area contributed by atoms with Crippen molar-refractivity contribution in [2.45, 2.75) is 0 Å². The summed E-state index contributed by atoms with van der Waals surface area (Å²) in [5, 5.41) is 0. The minimum Gasteiger partial charge on any atom is -0.455 e. The van der Waals surface area contributed by atoms with E-state index in [1.54, 1.807) is 0 Å². The van der Waals surface area contributed by atoms with Crippen LogP contribution in [0.5, 0.6) is 11.5 Å². The molecule has 0 radical (unpaired) electrons. The third-order valence-corrected chi connectivity index (χ3v) is 10.7. The third kappa shape index (κ3) is 6.24. The summed E-state index contributed by atoms with van der Waals surface area (Å²) >= 11 is 0. The largest absolute Gasteiger partial charge is 0.455 e. The molecular formula is C54H37NO. The minimum absolute atomic E-state index is 0.852. The van der Waals surface area contributed by atoms with E-state index in [9.17, 15) is 0 Å². The van der Waals surface area contributed by atoms with E-state index in [4.69, 9.17) is 4.74 Å². The Morgan fingerprint density at radius 2 is 0.625 bits per heavy atom. The van der Waals surface area contributed by atoms with Crippen LogP contribution in [-0.2, 0) is 0 Å². The Balaban J connectivity index is 1.05. The number of benzene rings is 9.